The summed E-state index contributed by atoms with van der Waals surface area (Å²) in [6.07, 6.45) is 2.06. The van der Waals surface area contributed by atoms with Crippen LogP contribution in [0.25, 0.3) is 0 Å². The third-order valence-electron chi connectivity index (χ3n) is 4.12. The Morgan fingerprint density at radius 3 is 2.62 bits per heavy atom. The number of likely N-dealkylation sites (N-methyl/N-ethyl adjacent to an activating group) is 1. The Balaban J connectivity index is 1.82. The van der Waals surface area contributed by atoms with Crippen molar-refractivity contribution in [2.75, 3.05) is 7.05 Å². The van der Waals surface area contributed by atoms with Crippen LogP contribution in [-0.4, -0.2) is 23.9 Å². The largest absolute Gasteiger partial charge is 0.352 e. The fraction of sp³-hybridized carbons (Fsp3) is 0.316. The Labute approximate surface area is 146 Å². The van der Waals surface area contributed by atoms with Crippen molar-refractivity contribution in [2.24, 2.45) is 0 Å². The Kier molecular flexibility index (Phi) is 5.17. The number of carbonyl (C=O) groups is 1. The number of amides is 1. The Morgan fingerprint density at radius 2 is 2.00 bits per heavy atom. The van der Waals surface area contributed by atoms with Crippen LogP contribution in [0, 0.1) is 5.82 Å². The minimum absolute atomic E-state index is 0.0476. The lowest BCUT2D eigenvalue weighted by Crippen LogP contribution is -2.39. The fourth-order valence-electron chi connectivity index (χ4n) is 2.77. The minimum Gasteiger partial charge on any atom is -0.352 e. The van der Waals surface area contributed by atoms with Gasteiger partial charge in [0.15, 0.2) is 0 Å². The van der Waals surface area contributed by atoms with Gasteiger partial charge in [-0.25, -0.2) is 4.39 Å². The van der Waals surface area contributed by atoms with Crippen LogP contribution in [0.15, 0.2) is 48.5 Å². The van der Waals surface area contributed by atoms with E-state index in [-0.39, 0.29) is 17.8 Å². The number of carbonyl (C=O) groups excluding carboxylic acids is 1. The maximum Gasteiger partial charge on any atom is 0.242 e. The molecule has 3 rings (SSSR count). The van der Waals surface area contributed by atoms with E-state index in [1.54, 1.807) is 12.1 Å². The Bertz CT molecular complexity index is 716. The van der Waals surface area contributed by atoms with Gasteiger partial charge in [-0.3, -0.25) is 9.69 Å². The maximum absolute atomic E-state index is 13.2. The van der Waals surface area contributed by atoms with E-state index in [1.807, 2.05) is 36.2 Å². The molecule has 3 nitrogen and oxygen atoms in total. The first-order valence-corrected chi connectivity index (χ1v) is 8.41. The predicted molar refractivity (Wildman–Crippen MR) is 93.2 cm³/mol. The lowest BCUT2D eigenvalue weighted by atomic mass is 10.0. The molecule has 126 valence electrons. The van der Waals surface area contributed by atoms with Crippen LogP contribution in [0.2, 0.25) is 5.02 Å². The van der Waals surface area contributed by atoms with Crippen molar-refractivity contribution < 1.29 is 9.18 Å². The van der Waals surface area contributed by atoms with Crippen molar-refractivity contribution in [2.45, 2.75) is 31.5 Å². The fourth-order valence-corrected chi connectivity index (χ4v) is 2.99. The van der Waals surface area contributed by atoms with Crippen molar-refractivity contribution in [1.82, 2.24) is 10.2 Å². The zero-order valence-corrected chi connectivity index (χ0v) is 14.3. The molecule has 0 aliphatic heterocycles. The number of nitrogens with zero attached hydrogens (tertiary/aromatic N) is 1. The summed E-state index contributed by atoms with van der Waals surface area (Å²) in [4.78, 5) is 14.7. The molecule has 1 N–H and O–H groups in total. The normalized spacial score (nSPS) is 15.3. The Morgan fingerprint density at radius 1 is 1.29 bits per heavy atom. The van der Waals surface area contributed by atoms with Crippen molar-refractivity contribution >= 4 is 17.5 Å². The second kappa shape index (κ2) is 7.32. The molecule has 0 heterocycles. The number of benzene rings is 2. The van der Waals surface area contributed by atoms with Gasteiger partial charge in [0, 0.05) is 17.6 Å². The van der Waals surface area contributed by atoms with Crippen LogP contribution in [0.4, 0.5) is 4.39 Å². The van der Waals surface area contributed by atoms with Gasteiger partial charge in [0.2, 0.25) is 5.91 Å². The summed E-state index contributed by atoms with van der Waals surface area (Å²) in [6.45, 7) is 0.570. The lowest BCUT2D eigenvalue weighted by Gasteiger charge is -2.28. The van der Waals surface area contributed by atoms with Gasteiger partial charge in [-0.15, -0.1) is 0 Å². The second-order valence-electron chi connectivity index (χ2n) is 6.28. The molecule has 1 fully saturated rings. The molecule has 0 spiro atoms. The zero-order valence-electron chi connectivity index (χ0n) is 13.5. The molecule has 2 aromatic rings. The van der Waals surface area contributed by atoms with Crippen LogP contribution in [0.1, 0.15) is 30.0 Å². The zero-order chi connectivity index (χ0) is 17.1. The molecule has 5 heteroatoms. The van der Waals surface area contributed by atoms with Gasteiger partial charge in [-0.2, -0.15) is 0 Å². The van der Waals surface area contributed by atoms with Crippen LogP contribution in [0.3, 0.4) is 0 Å². The van der Waals surface area contributed by atoms with Crippen molar-refractivity contribution in [3.05, 3.63) is 70.5 Å². The van der Waals surface area contributed by atoms with E-state index in [1.165, 1.54) is 12.1 Å². The number of hydrogen-bond donors (Lipinski definition) is 1. The van der Waals surface area contributed by atoms with E-state index in [0.29, 0.717) is 11.6 Å². The lowest BCUT2D eigenvalue weighted by molar-refractivity contribution is -0.126. The molecule has 1 atom stereocenters. The number of nitrogens with one attached hydrogen (secondary N) is 1. The average molecular weight is 347 g/mol. The van der Waals surface area contributed by atoms with Gasteiger partial charge < -0.3 is 5.32 Å². The van der Waals surface area contributed by atoms with Gasteiger partial charge in [0.1, 0.15) is 11.9 Å². The summed E-state index contributed by atoms with van der Waals surface area (Å²) in [5, 5.41) is 3.71. The topological polar surface area (TPSA) is 32.3 Å². The third kappa shape index (κ3) is 4.34. The van der Waals surface area contributed by atoms with Gasteiger partial charge >= 0.3 is 0 Å². The van der Waals surface area contributed by atoms with E-state index in [4.69, 9.17) is 11.6 Å². The summed E-state index contributed by atoms with van der Waals surface area (Å²) in [6, 6.07) is 13.5. The summed E-state index contributed by atoms with van der Waals surface area (Å²) in [7, 11) is 1.89. The van der Waals surface area contributed by atoms with Crippen molar-refractivity contribution in [3.63, 3.8) is 0 Å². The molecule has 1 aliphatic carbocycles. The first kappa shape index (κ1) is 16.9. The minimum atomic E-state index is -0.467. The highest BCUT2D eigenvalue weighted by molar-refractivity contribution is 6.30. The van der Waals surface area contributed by atoms with E-state index < -0.39 is 6.04 Å². The predicted octanol–water partition coefficient (Wildman–Crippen LogP) is 3.93. The standard InChI is InChI=1S/C19H20ClFN2O/c1-23(12-13-3-2-4-15(20)11-13)18(19(24)22-17-9-10-17)14-5-7-16(21)8-6-14/h2-8,11,17-18H,9-10,12H2,1H3,(H,22,24)/t18-/m0/s1. The molecule has 0 unspecified atom stereocenters. The highest BCUT2D eigenvalue weighted by atomic mass is 35.5. The Hall–Kier alpha value is -1.91. The number of halogens is 2. The van der Waals surface area contributed by atoms with Crippen molar-refractivity contribution in [1.29, 1.82) is 0 Å². The van der Waals surface area contributed by atoms with Gasteiger partial charge in [0.25, 0.3) is 0 Å². The van der Waals surface area contributed by atoms with E-state index in [9.17, 15) is 9.18 Å². The highest BCUT2D eigenvalue weighted by Crippen LogP contribution is 2.26. The summed E-state index contributed by atoms with van der Waals surface area (Å²) in [5.74, 6) is -0.355. The maximum atomic E-state index is 13.2. The van der Waals surface area contributed by atoms with Crippen LogP contribution in [0.5, 0.6) is 0 Å². The summed E-state index contributed by atoms with van der Waals surface area (Å²) >= 11 is 6.04. The van der Waals surface area contributed by atoms with Gasteiger partial charge in [-0.1, -0.05) is 35.9 Å². The van der Waals surface area contributed by atoms with E-state index in [0.717, 1.165) is 24.0 Å². The first-order valence-electron chi connectivity index (χ1n) is 8.03. The molecule has 0 bridgehead atoms. The number of hydrogen-bond acceptors (Lipinski definition) is 2. The van der Waals surface area contributed by atoms with E-state index >= 15 is 0 Å². The molecule has 0 radical (unpaired) electrons. The average Bonchev–Trinajstić information content (AvgIpc) is 3.33. The summed E-state index contributed by atoms with van der Waals surface area (Å²) < 4.78 is 13.2. The molecule has 1 amide bonds. The first-order chi connectivity index (χ1) is 11.5. The molecular weight excluding hydrogens is 327 g/mol. The van der Waals surface area contributed by atoms with Crippen LogP contribution >= 0.6 is 11.6 Å². The van der Waals surface area contributed by atoms with E-state index in [2.05, 4.69) is 5.32 Å². The molecule has 1 saturated carbocycles. The highest BCUT2D eigenvalue weighted by Gasteiger charge is 2.30. The molecular formula is C19H20ClFN2O. The SMILES string of the molecule is CN(Cc1cccc(Cl)c1)[C@H](C(=O)NC1CC1)c1ccc(F)cc1. The van der Waals surface area contributed by atoms with Crippen molar-refractivity contribution in [3.8, 4) is 0 Å². The van der Waals surface area contributed by atoms with Gasteiger partial charge in [-0.05, 0) is 55.3 Å². The number of rotatable bonds is 6. The smallest absolute Gasteiger partial charge is 0.242 e. The van der Waals surface area contributed by atoms with Gasteiger partial charge in [0.05, 0.1) is 0 Å². The summed E-state index contributed by atoms with van der Waals surface area (Å²) in [5.41, 5.74) is 1.80. The van der Waals surface area contributed by atoms with Crippen LogP contribution in [-0.2, 0) is 11.3 Å². The third-order valence-corrected chi connectivity index (χ3v) is 4.35. The second-order valence-corrected chi connectivity index (χ2v) is 6.72. The molecule has 2 aromatic carbocycles. The van der Waals surface area contributed by atoms with Crippen LogP contribution < -0.4 is 5.32 Å². The molecule has 0 saturated heterocycles. The quantitative estimate of drug-likeness (QED) is 0.859. The molecule has 1 aliphatic rings. The monoisotopic (exact) mass is 346 g/mol. The molecule has 24 heavy (non-hydrogen) atoms. The molecule has 0 aromatic heterocycles.